The molecule has 0 aliphatic carbocycles. The van der Waals surface area contributed by atoms with Gasteiger partial charge in [-0.15, -0.1) is 0 Å². The smallest absolute Gasteiger partial charge is 0.124 e. The van der Waals surface area contributed by atoms with E-state index in [0.29, 0.717) is 5.56 Å². The maximum atomic E-state index is 12.3. The SMILES string of the molecule is Cc1ccc(C)c(CF)c1O. The van der Waals surface area contributed by atoms with Gasteiger partial charge in [0.05, 0.1) is 0 Å². The van der Waals surface area contributed by atoms with Crippen LogP contribution in [0.25, 0.3) is 0 Å². The van der Waals surface area contributed by atoms with E-state index in [1.165, 1.54) is 0 Å². The highest BCUT2D eigenvalue weighted by molar-refractivity contribution is 5.43. The Morgan fingerprint density at radius 2 is 1.82 bits per heavy atom. The Kier molecular flexibility index (Phi) is 2.13. The molecular weight excluding hydrogens is 143 g/mol. The summed E-state index contributed by atoms with van der Waals surface area (Å²) in [6.07, 6.45) is 0. The maximum absolute atomic E-state index is 12.3. The molecule has 1 rings (SSSR count). The van der Waals surface area contributed by atoms with E-state index in [2.05, 4.69) is 0 Å². The molecule has 0 aliphatic rings. The van der Waals surface area contributed by atoms with E-state index in [-0.39, 0.29) is 5.75 Å². The van der Waals surface area contributed by atoms with Gasteiger partial charge in [-0.1, -0.05) is 12.1 Å². The highest BCUT2D eigenvalue weighted by atomic mass is 19.1. The summed E-state index contributed by atoms with van der Waals surface area (Å²) in [4.78, 5) is 0. The number of phenolic OH excluding ortho intramolecular Hbond substituents is 1. The van der Waals surface area contributed by atoms with Crippen LogP contribution < -0.4 is 0 Å². The third-order valence-electron chi connectivity index (χ3n) is 1.85. The van der Waals surface area contributed by atoms with Crippen molar-refractivity contribution >= 4 is 0 Å². The lowest BCUT2D eigenvalue weighted by Crippen LogP contribution is -1.88. The summed E-state index contributed by atoms with van der Waals surface area (Å²) < 4.78 is 12.3. The zero-order valence-corrected chi connectivity index (χ0v) is 6.69. The minimum atomic E-state index is -0.598. The van der Waals surface area contributed by atoms with Crippen LogP contribution >= 0.6 is 0 Å². The number of aryl methyl sites for hydroxylation is 2. The van der Waals surface area contributed by atoms with Gasteiger partial charge in [0.15, 0.2) is 0 Å². The van der Waals surface area contributed by atoms with Gasteiger partial charge >= 0.3 is 0 Å². The molecule has 1 aromatic carbocycles. The number of hydrogen-bond donors (Lipinski definition) is 1. The second-order valence-electron chi connectivity index (χ2n) is 2.66. The van der Waals surface area contributed by atoms with Crippen molar-refractivity contribution in [2.75, 3.05) is 0 Å². The standard InChI is InChI=1S/C9H11FO/c1-6-3-4-7(2)9(11)8(6)5-10/h3-4,11H,5H2,1-2H3. The number of alkyl halides is 1. The molecule has 0 saturated heterocycles. The minimum Gasteiger partial charge on any atom is -0.507 e. The van der Waals surface area contributed by atoms with Crippen LogP contribution in [-0.4, -0.2) is 5.11 Å². The lowest BCUT2D eigenvalue weighted by atomic mass is 10.1. The van der Waals surface area contributed by atoms with Crippen molar-refractivity contribution in [2.24, 2.45) is 0 Å². The summed E-state index contributed by atoms with van der Waals surface area (Å²) in [6, 6.07) is 3.59. The summed E-state index contributed by atoms with van der Waals surface area (Å²) in [5, 5.41) is 9.34. The molecule has 0 heterocycles. The predicted octanol–water partition coefficient (Wildman–Crippen LogP) is 2.48. The summed E-state index contributed by atoms with van der Waals surface area (Å²) in [6.45, 7) is 2.95. The van der Waals surface area contributed by atoms with E-state index in [4.69, 9.17) is 0 Å². The maximum Gasteiger partial charge on any atom is 0.124 e. The molecule has 0 bridgehead atoms. The first-order chi connectivity index (χ1) is 5.16. The largest absolute Gasteiger partial charge is 0.507 e. The van der Waals surface area contributed by atoms with Crippen LogP contribution in [0.5, 0.6) is 5.75 Å². The minimum absolute atomic E-state index is 0.0903. The molecule has 1 aromatic rings. The molecule has 1 N–H and O–H groups in total. The van der Waals surface area contributed by atoms with Crippen LogP contribution in [0, 0.1) is 13.8 Å². The zero-order valence-electron chi connectivity index (χ0n) is 6.69. The van der Waals surface area contributed by atoms with Gasteiger partial charge < -0.3 is 5.11 Å². The molecule has 11 heavy (non-hydrogen) atoms. The normalized spacial score (nSPS) is 10.1. The van der Waals surface area contributed by atoms with Gasteiger partial charge in [0.25, 0.3) is 0 Å². The average molecular weight is 154 g/mol. The first-order valence-electron chi connectivity index (χ1n) is 3.51. The van der Waals surface area contributed by atoms with Crippen molar-refractivity contribution in [3.05, 3.63) is 28.8 Å². The van der Waals surface area contributed by atoms with Gasteiger partial charge in [-0.3, -0.25) is 0 Å². The summed E-state index contributed by atoms with van der Waals surface area (Å²) in [7, 11) is 0. The van der Waals surface area contributed by atoms with Crippen molar-refractivity contribution in [1.82, 2.24) is 0 Å². The Balaban J connectivity index is 3.29. The number of aromatic hydroxyl groups is 1. The highest BCUT2D eigenvalue weighted by Gasteiger charge is 2.05. The van der Waals surface area contributed by atoms with Crippen LogP contribution in [-0.2, 0) is 6.67 Å². The molecule has 0 aliphatic heterocycles. The number of hydrogen-bond acceptors (Lipinski definition) is 1. The van der Waals surface area contributed by atoms with Gasteiger partial charge in [0.2, 0.25) is 0 Å². The molecule has 0 atom stereocenters. The Hall–Kier alpha value is -1.05. The molecule has 0 unspecified atom stereocenters. The van der Waals surface area contributed by atoms with Crippen LogP contribution in [0.15, 0.2) is 12.1 Å². The fourth-order valence-electron chi connectivity index (χ4n) is 1.02. The molecule has 0 radical (unpaired) electrons. The van der Waals surface area contributed by atoms with E-state index in [9.17, 15) is 9.50 Å². The monoisotopic (exact) mass is 154 g/mol. The fraction of sp³-hybridized carbons (Fsp3) is 0.333. The molecule has 0 spiro atoms. The second kappa shape index (κ2) is 2.91. The topological polar surface area (TPSA) is 20.2 Å². The molecule has 0 fully saturated rings. The molecular formula is C9H11FO. The van der Waals surface area contributed by atoms with Crippen molar-refractivity contribution < 1.29 is 9.50 Å². The highest BCUT2D eigenvalue weighted by Crippen LogP contribution is 2.25. The zero-order chi connectivity index (χ0) is 8.43. The van der Waals surface area contributed by atoms with Crippen molar-refractivity contribution in [2.45, 2.75) is 20.5 Å². The van der Waals surface area contributed by atoms with Gasteiger partial charge in [-0.25, -0.2) is 4.39 Å². The molecule has 0 aromatic heterocycles. The van der Waals surface area contributed by atoms with E-state index in [1.807, 2.05) is 6.07 Å². The summed E-state index contributed by atoms with van der Waals surface area (Å²) >= 11 is 0. The van der Waals surface area contributed by atoms with Crippen LogP contribution in [0.2, 0.25) is 0 Å². The van der Waals surface area contributed by atoms with Gasteiger partial charge in [-0.05, 0) is 25.0 Å². The molecule has 2 heteroatoms. The first kappa shape index (κ1) is 8.05. The van der Waals surface area contributed by atoms with Crippen LogP contribution in [0.1, 0.15) is 16.7 Å². The average Bonchev–Trinajstić information content (AvgIpc) is 1.99. The van der Waals surface area contributed by atoms with E-state index in [0.717, 1.165) is 11.1 Å². The van der Waals surface area contributed by atoms with Gasteiger partial charge in [0, 0.05) is 5.56 Å². The van der Waals surface area contributed by atoms with Crippen molar-refractivity contribution in [1.29, 1.82) is 0 Å². The van der Waals surface area contributed by atoms with Gasteiger partial charge in [0.1, 0.15) is 12.4 Å². The Morgan fingerprint density at radius 1 is 1.27 bits per heavy atom. The molecule has 1 nitrogen and oxygen atoms in total. The third kappa shape index (κ3) is 1.34. The van der Waals surface area contributed by atoms with Crippen LogP contribution in [0.3, 0.4) is 0 Å². The summed E-state index contributed by atoms with van der Waals surface area (Å²) in [5.74, 6) is 0.0903. The van der Waals surface area contributed by atoms with E-state index in [1.54, 1.807) is 19.9 Å². The van der Waals surface area contributed by atoms with E-state index >= 15 is 0 Å². The quantitative estimate of drug-likeness (QED) is 0.658. The summed E-state index contributed by atoms with van der Waals surface area (Å²) in [5.41, 5.74) is 1.93. The van der Waals surface area contributed by atoms with Crippen LogP contribution in [0.4, 0.5) is 4.39 Å². The number of benzene rings is 1. The number of phenols is 1. The third-order valence-corrected chi connectivity index (χ3v) is 1.85. The lowest BCUT2D eigenvalue weighted by molar-refractivity contribution is 0.428. The Morgan fingerprint density at radius 3 is 2.27 bits per heavy atom. The number of rotatable bonds is 1. The van der Waals surface area contributed by atoms with Gasteiger partial charge in [-0.2, -0.15) is 0 Å². The van der Waals surface area contributed by atoms with Crippen molar-refractivity contribution in [3.8, 4) is 5.75 Å². The predicted molar refractivity (Wildman–Crippen MR) is 42.4 cm³/mol. The van der Waals surface area contributed by atoms with Crippen molar-refractivity contribution in [3.63, 3.8) is 0 Å². The molecule has 60 valence electrons. The second-order valence-corrected chi connectivity index (χ2v) is 2.66. The number of halogens is 1. The lowest BCUT2D eigenvalue weighted by Gasteiger charge is -2.06. The molecule has 0 amide bonds. The Labute approximate surface area is 65.5 Å². The Bertz CT molecular complexity index is 269. The van der Waals surface area contributed by atoms with E-state index < -0.39 is 6.67 Å². The fourth-order valence-corrected chi connectivity index (χ4v) is 1.02. The molecule has 0 saturated carbocycles. The first-order valence-corrected chi connectivity index (χ1v) is 3.51.